The zero-order valence-electron chi connectivity index (χ0n) is 14.7. The average Bonchev–Trinajstić information content (AvgIpc) is 3.30. The van der Waals surface area contributed by atoms with Crippen LogP contribution in [-0.4, -0.2) is 24.7 Å². The Kier molecular flexibility index (Phi) is 3.49. The Balaban J connectivity index is 1.70. The first-order valence-corrected chi connectivity index (χ1v) is 9.51. The number of hydrogen-bond donors (Lipinski definition) is 1. The molecule has 5 rings (SSSR count). The fraction of sp³-hybridized carbons (Fsp3) is 0.263. The molecule has 0 radical (unpaired) electrons. The van der Waals surface area contributed by atoms with Crippen LogP contribution in [-0.2, 0) is 19.9 Å². The minimum Gasteiger partial charge on any atom is -0.323 e. The third kappa shape index (κ3) is 2.47. The Morgan fingerprint density at radius 2 is 2.15 bits per heavy atom. The number of aromatic nitrogens is 5. The molecule has 0 unspecified atom stereocenters. The zero-order valence-corrected chi connectivity index (χ0v) is 15.5. The SMILES string of the molecule is Cc1cc(Nc2nc(-c3cccnc3)nc3sc4c(c23)CCC4)nn1C. The van der Waals surface area contributed by atoms with E-state index >= 15 is 0 Å². The topological polar surface area (TPSA) is 68.5 Å². The first kappa shape index (κ1) is 15.5. The quantitative estimate of drug-likeness (QED) is 0.596. The summed E-state index contributed by atoms with van der Waals surface area (Å²) < 4.78 is 1.86. The molecule has 4 heterocycles. The molecule has 0 aromatic carbocycles. The molecular weight excluding hydrogens is 344 g/mol. The molecule has 0 saturated heterocycles. The van der Waals surface area contributed by atoms with Crippen LogP contribution in [0.1, 0.15) is 22.6 Å². The van der Waals surface area contributed by atoms with Crippen molar-refractivity contribution in [3.8, 4) is 11.4 Å². The van der Waals surface area contributed by atoms with E-state index in [1.807, 2.05) is 36.9 Å². The molecule has 0 amide bonds. The van der Waals surface area contributed by atoms with Crippen LogP contribution in [0.25, 0.3) is 21.6 Å². The van der Waals surface area contributed by atoms with Crippen molar-refractivity contribution >= 4 is 33.2 Å². The second-order valence-electron chi connectivity index (χ2n) is 6.59. The van der Waals surface area contributed by atoms with Crippen molar-refractivity contribution in [1.29, 1.82) is 0 Å². The lowest BCUT2D eigenvalue weighted by molar-refractivity contribution is 0.743. The molecule has 0 fully saturated rings. The van der Waals surface area contributed by atoms with Gasteiger partial charge in [0.2, 0.25) is 0 Å². The van der Waals surface area contributed by atoms with Crippen LogP contribution in [0.5, 0.6) is 0 Å². The number of anilines is 2. The molecule has 4 aromatic heterocycles. The van der Waals surface area contributed by atoms with E-state index < -0.39 is 0 Å². The van der Waals surface area contributed by atoms with Crippen molar-refractivity contribution in [1.82, 2.24) is 24.7 Å². The van der Waals surface area contributed by atoms with Crippen LogP contribution < -0.4 is 5.32 Å². The Morgan fingerprint density at radius 1 is 1.23 bits per heavy atom. The maximum Gasteiger partial charge on any atom is 0.164 e. The van der Waals surface area contributed by atoms with Crippen molar-refractivity contribution in [3.63, 3.8) is 0 Å². The minimum atomic E-state index is 0.695. The van der Waals surface area contributed by atoms with Crippen LogP contribution in [0.2, 0.25) is 0 Å². The molecule has 26 heavy (non-hydrogen) atoms. The van der Waals surface area contributed by atoms with Gasteiger partial charge in [0.25, 0.3) is 0 Å². The van der Waals surface area contributed by atoms with Gasteiger partial charge in [-0.15, -0.1) is 11.3 Å². The summed E-state index contributed by atoms with van der Waals surface area (Å²) in [7, 11) is 1.94. The van der Waals surface area contributed by atoms with Crippen LogP contribution in [0.3, 0.4) is 0 Å². The van der Waals surface area contributed by atoms with Gasteiger partial charge in [-0.2, -0.15) is 5.10 Å². The molecule has 1 aliphatic rings. The van der Waals surface area contributed by atoms with E-state index in [0.29, 0.717) is 5.82 Å². The number of fused-ring (bicyclic) bond motifs is 3. The van der Waals surface area contributed by atoms with E-state index in [2.05, 4.69) is 15.4 Å². The number of thiophene rings is 1. The number of hydrogen-bond acceptors (Lipinski definition) is 6. The maximum absolute atomic E-state index is 4.85. The van der Waals surface area contributed by atoms with E-state index in [9.17, 15) is 0 Å². The highest BCUT2D eigenvalue weighted by Gasteiger charge is 2.23. The molecule has 0 saturated carbocycles. The van der Waals surface area contributed by atoms with Gasteiger partial charge in [-0.1, -0.05) is 0 Å². The highest BCUT2D eigenvalue weighted by molar-refractivity contribution is 7.19. The van der Waals surface area contributed by atoms with Gasteiger partial charge in [-0.05, 0) is 43.9 Å². The van der Waals surface area contributed by atoms with Gasteiger partial charge in [-0.25, -0.2) is 9.97 Å². The molecule has 1 aliphatic carbocycles. The Morgan fingerprint density at radius 3 is 2.92 bits per heavy atom. The molecule has 0 atom stereocenters. The van der Waals surface area contributed by atoms with Gasteiger partial charge in [0, 0.05) is 41.6 Å². The zero-order chi connectivity index (χ0) is 17.7. The summed E-state index contributed by atoms with van der Waals surface area (Å²) in [6.45, 7) is 2.04. The van der Waals surface area contributed by atoms with Gasteiger partial charge in [0.1, 0.15) is 10.6 Å². The highest BCUT2D eigenvalue weighted by Crippen LogP contribution is 2.41. The summed E-state index contributed by atoms with van der Waals surface area (Å²) in [5.41, 5.74) is 3.42. The summed E-state index contributed by atoms with van der Waals surface area (Å²) in [6.07, 6.45) is 7.01. The third-order valence-corrected chi connectivity index (χ3v) is 6.03. The maximum atomic E-state index is 4.85. The Hall–Kier alpha value is -2.80. The van der Waals surface area contributed by atoms with Crippen molar-refractivity contribution < 1.29 is 0 Å². The highest BCUT2D eigenvalue weighted by atomic mass is 32.1. The standard InChI is InChI=1S/C19H18N6S/c1-11-9-15(24-25(11)2)21-18-16-13-6-3-7-14(13)26-19(16)23-17(22-18)12-5-4-8-20-10-12/h4-5,8-10H,3,6-7H2,1-2H3,(H,21,22,23,24). The van der Waals surface area contributed by atoms with Crippen LogP contribution in [0.4, 0.5) is 11.6 Å². The van der Waals surface area contributed by atoms with Crippen molar-refractivity contribution in [3.05, 3.63) is 46.7 Å². The Bertz CT molecular complexity index is 1090. The number of aryl methyl sites for hydroxylation is 4. The third-order valence-electron chi connectivity index (χ3n) is 4.84. The van der Waals surface area contributed by atoms with Gasteiger partial charge < -0.3 is 5.32 Å². The summed E-state index contributed by atoms with van der Waals surface area (Å²) in [6, 6.07) is 5.93. The lowest BCUT2D eigenvalue weighted by atomic mass is 10.2. The van der Waals surface area contributed by atoms with Crippen molar-refractivity contribution in [2.24, 2.45) is 7.05 Å². The van der Waals surface area contributed by atoms with Crippen molar-refractivity contribution in [2.75, 3.05) is 5.32 Å². The monoisotopic (exact) mass is 362 g/mol. The van der Waals surface area contributed by atoms with E-state index in [1.54, 1.807) is 23.7 Å². The molecule has 130 valence electrons. The lowest BCUT2D eigenvalue weighted by Gasteiger charge is -2.08. The van der Waals surface area contributed by atoms with Gasteiger partial charge in [-0.3, -0.25) is 9.67 Å². The molecule has 0 aliphatic heterocycles. The van der Waals surface area contributed by atoms with E-state index in [-0.39, 0.29) is 0 Å². The van der Waals surface area contributed by atoms with E-state index in [1.165, 1.54) is 16.9 Å². The predicted octanol–water partition coefficient (Wildman–Crippen LogP) is 4.03. The molecular formula is C19H18N6S. The number of rotatable bonds is 3. The second kappa shape index (κ2) is 5.88. The van der Waals surface area contributed by atoms with Gasteiger partial charge >= 0.3 is 0 Å². The first-order valence-electron chi connectivity index (χ1n) is 8.69. The molecule has 0 spiro atoms. The minimum absolute atomic E-state index is 0.695. The summed E-state index contributed by atoms with van der Waals surface area (Å²) in [5, 5.41) is 9.12. The fourth-order valence-corrected chi connectivity index (χ4v) is 4.71. The van der Waals surface area contributed by atoms with Gasteiger partial charge in [0.05, 0.1) is 5.39 Å². The van der Waals surface area contributed by atoms with Crippen LogP contribution >= 0.6 is 11.3 Å². The second-order valence-corrected chi connectivity index (χ2v) is 7.68. The van der Waals surface area contributed by atoms with Crippen LogP contribution in [0.15, 0.2) is 30.6 Å². The number of nitrogens with zero attached hydrogens (tertiary/aromatic N) is 5. The van der Waals surface area contributed by atoms with Crippen molar-refractivity contribution in [2.45, 2.75) is 26.2 Å². The van der Waals surface area contributed by atoms with Crippen LogP contribution in [0, 0.1) is 6.92 Å². The molecule has 6 nitrogen and oxygen atoms in total. The normalized spacial score (nSPS) is 13.3. The molecule has 1 N–H and O–H groups in total. The fourth-order valence-electron chi connectivity index (χ4n) is 3.45. The molecule has 0 bridgehead atoms. The van der Waals surface area contributed by atoms with E-state index in [0.717, 1.165) is 46.0 Å². The summed E-state index contributed by atoms with van der Waals surface area (Å²) in [4.78, 5) is 16.4. The number of nitrogens with one attached hydrogen (secondary N) is 1. The first-order chi connectivity index (χ1) is 12.7. The number of pyridine rings is 1. The Labute approximate surface area is 155 Å². The lowest BCUT2D eigenvalue weighted by Crippen LogP contribution is -2.00. The average molecular weight is 362 g/mol. The largest absolute Gasteiger partial charge is 0.323 e. The summed E-state index contributed by atoms with van der Waals surface area (Å²) in [5.74, 6) is 2.34. The van der Waals surface area contributed by atoms with E-state index in [4.69, 9.17) is 9.97 Å². The predicted molar refractivity (Wildman–Crippen MR) is 104 cm³/mol. The van der Waals surface area contributed by atoms with Gasteiger partial charge in [0.15, 0.2) is 11.6 Å². The summed E-state index contributed by atoms with van der Waals surface area (Å²) >= 11 is 1.79. The molecule has 4 aromatic rings. The molecule has 7 heteroatoms. The smallest absolute Gasteiger partial charge is 0.164 e.